The van der Waals surface area contributed by atoms with Crippen molar-refractivity contribution in [3.05, 3.63) is 135 Å². The average Bonchev–Trinajstić information content (AvgIpc) is 3.69. The minimum absolute atomic E-state index is 0.0394. The Morgan fingerprint density at radius 1 is 0.516 bits per heavy atom. The van der Waals surface area contributed by atoms with Crippen LogP contribution in [0.2, 0.25) is 0 Å². The van der Waals surface area contributed by atoms with E-state index in [1.54, 1.807) is 12.1 Å². The fraction of sp³-hybridized carbons (Fsp3) is 0.345. The fourth-order valence-electron chi connectivity index (χ4n) is 9.22. The van der Waals surface area contributed by atoms with E-state index in [9.17, 15) is 10.5 Å². The van der Waals surface area contributed by atoms with Crippen molar-refractivity contribution in [2.45, 2.75) is 118 Å². The van der Waals surface area contributed by atoms with Crippen LogP contribution in [0.5, 0.6) is 0 Å². The van der Waals surface area contributed by atoms with Gasteiger partial charge in [0.2, 0.25) is 0 Å². The summed E-state index contributed by atoms with van der Waals surface area (Å²) >= 11 is 0. The van der Waals surface area contributed by atoms with E-state index < -0.39 is 11.7 Å². The Kier molecular flexibility index (Phi) is 9.80. The summed E-state index contributed by atoms with van der Waals surface area (Å²) in [4.78, 5) is 0. The molecule has 316 valence electrons. The zero-order valence-electron chi connectivity index (χ0n) is 38.0. The van der Waals surface area contributed by atoms with Crippen molar-refractivity contribution in [2.24, 2.45) is 5.41 Å². The maximum atomic E-state index is 15.1. The molecule has 0 radical (unpaired) electrons. The van der Waals surface area contributed by atoms with E-state index >= 15 is 13.2 Å². The molecule has 1 aliphatic carbocycles. The van der Waals surface area contributed by atoms with Gasteiger partial charge in [0.05, 0.1) is 62.4 Å². The minimum atomic E-state index is -4.79. The normalized spacial score (nSPS) is 14.0. The molecular formula is C55H55F3N4. The lowest BCUT2D eigenvalue weighted by atomic mass is 9.79. The molecule has 4 nitrogen and oxygen atoms in total. The predicted molar refractivity (Wildman–Crippen MR) is 249 cm³/mol. The molecule has 0 unspecified atom stereocenters. The second-order valence-corrected chi connectivity index (χ2v) is 21.2. The summed E-state index contributed by atoms with van der Waals surface area (Å²) in [6.45, 7) is 26.3. The molecule has 0 bridgehead atoms. The van der Waals surface area contributed by atoms with Gasteiger partial charge in [0.25, 0.3) is 0 Å². The predicted octanol–water partition coefficient (Wildman–Crippen LogP) is 15.4. The summed E-state index contributed by atoms with van der Waals surface area (Å²) in [7, 11) is 0. The molecule has 5 aromatic carbocycles. The molecule has 0 aliphatic heterocycles. The topological polar surface area (TPSA) is 57.4 Å². The Morgan fingerprint density at radius 2 is 1.00 bits per heavy atom. The van der Waals surface area contributed by atoms with E-state index in [0.717, 1.165) is 74.0 Å². The van der Waals surface area contributed by atoms with Gasteiger partial charge in [0, 0.05) is 27.3 Å². The van der Waals surface area contributed by atoms with Gasteiger partial charge in [-0.15, -0.1) is 0 Å². The first-order valence-electron chi connectivity index (χ1n) is 21.5. The number of fused-ring (bicyclic) bond motifs is 6. The SMILES string of the molecule is CC(C)(C)C1=Cc2c(c3ccc(C(C)(C)C)cc3n2-c2cc(-c3c(C#N)cccc3C(F)(F)F)c(C#N)cc2-n2c3cc(C(C)(C)C)ccc3c3ccc(C(C)(C)C)cc32)CC1. The standard InChI is InChI=1S/C55H55F3N4/c1-51(2,3)34-16-20-38-39-21-17-35(52(4,5)6)26-45(39)61(44(38)25-34)48-24-33(31-60)42(50-32(30-59)14-13-15-43(50)55(56,57)58)29-49(48)62-46-27-36(53(7,8)9)18-22-40(46)41-23-19-37(28-47(41)62)54(10,11)12/h13-18,20-22,24-29H,19,23H2,1-12H3. The molecule has 0 atom stereocenters. The molecule has 1 aliphatic rings. The average molecular weight is 829 g/mol. The maximum Gasteiger partial charge on any atom is 0.417 e. The van der Waals surface area contributed by atoms with Crippen LogP contribution in [0.15, 0.2) is 90.5 Å². The Morgan fingerprint density at radius 3 is 1.47 bits per heavy atom. The fourth-order valence-corrected chi connectivity index (χ4v) is 9.22. The van der Waals surface area contributed by atoms with Crippen molar-refractivity contribution in [1.82, 2.24) is 9.13 Å². The van der Waals surface area contributed by atoms with Gasteiger partial charge in [-0.3, -0.25) is 0 Å². The van der Waals surface area contributed by atoms with Crippen molar-refractivity contribution >= 4 is 38.8 Å². The third-order valence-corrected chi connectivity index (χ3v) is 12.9. The summed E-state index contributed by atoms with van der Waals surface area (Å²) in [5, 5.41) is 24.6. The number of allylic oxidation sites excluding steroid dienone is 1. The number of nitrogens with zero attached hydrogens (tertiary/aromatic N) is 4. The van der Waals surface area contributed by atoms with Gasteiger partial charge in [0.1, 0.15) is 0 Å². The van der Waals surface area contributed by atoms with Crippen LogP contribution in [0.4, 0.5) is 13.2 Å². The molecule has 62 heavy (non-hydrogen) atoms. The molecule has 7 heteroatoms. The Labute approximate surface area is 363 Å². The lowest BCUT2D eigenvalue weighted by Gasteiger charge is -2.28. The second kappa shape index (κ2) is 14.2. The molecule has 0 saturated carbocycles. The summed E-state index contributed by atoms with van der Waals surface area (Å²) in [5.74, 6) is 0. The van der Waals surface area contributed by atoms with Gasteiger partial charge in [-0.05, 0) is 105 Å². The highest BCUT2D eigenvalue weighted by molar-refractivity contribution is 6.10. The third kappa shape index (κ3) is 7.10. The zero-order valence-corrected chi connectivity index (χ0v) is 38.0. The zero-order chi connectivity index (χ0) is 45.1. The van der Waals surface area contributed by atoms with Crippen molar-refractivity contribution in [2.75, 3.05) is 0 Å². The van der Waals surface area contributed by atoms with Crippen LogP contribution in [0, 0.1) is 28.1 Å². The number of hydrogen-bond donors (Lipinski definition) is 0. The first kappa shape index (κ1) is 42.6. The number of aryl methyl sites for hydroxylation is 1. The van der Waals surface area contributed by atoms with Crippen LogP contribution in [-0.2, 0) is 28.8 Å². The summed E-state index contributed by atoms with van der Waals surface area (Å²) in [5.41, 5.74) is 8.78. The maximum absolute atomic E-state index is 15.1. The van der Waals surface area contributed by atoms with Gasteiger partial charge < -0.3 is 9.13 Å². The van der Waals surface area contributed by atoms with Crippen LogP contribution >= 0.6 is 0 Å². The summed E-state index contributed by atoms with van der Waals surface area (Å²) in [6.07, 6.45) is -0.837. The van der Waals surface area contributed by atoms with Crippen LogP contribution in [0.1, 0.15) is 134 Å². The van der Waals surface area contributed by atoms with E-state index in [2.05, 4.69) is 159 Å². The highest BCUT2D eigenvalue weighted by atomic mass is 19.4. The Balaban J connectivity index is 1.66. The molecule has 7 aromatic rings. The van der Waals surface area contributed by atoms with E-state index in [-0.39, 0.29) is 43.9 Å². The molecule has 2 heterocycles. The molecule has 0 spiro atoms. The van der Waals surface area contributed by atoms with Crippen molar-refractivity contribution in [3.8, 4) is 34.6 Å². The highest BCUT2D eigenvalue weighted by Crippen LogP contribution is 2.47. The van der Waals surface area contributed by atoms with Gasteiger partial charge in [-0.25, -0.2) is 0 Å². The molecule has 0 amide bonds. The molecule has 2 aromatic heterocycles. The van der Waals surface area contributed by atoms with E-state index in [0.29, 0.717) is 11.4 Å². The molecule has 0 fully saturated rings. The lowest BCUT2D eigenvalue weighted by molar-refractivity contribution is -0.137. The number of hydrogen-bond acceptors (Lipinski definition) is 2. The first-order valence-corrected chi connectivity index (χ1v) is 21.5. The summed E-state index contributed by atoms with van der Waals surface area (Å²) in [6, 6.07) is 31.3. The molecule has 0 saturated heterocycles. The largest absolute Gasteiger partial charge is 0.417 e. The quantitative estimate of drug-likeness (QED) is 0.178. The van der Waals surface area contributed by atoms with Crippen LogP contribution in [0.3, 0.4) is 0 Å². The van der Waals surface area contributed by atoms with Crippen LogP contribution < -0.4 is 0 Å². The Hall–Kier alpha value is -6.05. The van der Waals surface area contributed by atoms with Gasteiger partial charge in [0.15, 0.2) is 0 Å². The Bertz CT molecular complexity index is 3030. The van der Waals surface area contributed by atoms with Crippen LogP contribution in [-0.4, -0.2) is 9.13 Å². The van der Waals surface area contributed by atoms with Crippen molar-refractivity contribution < 1.29 is 13.2 Å². The van der Waals surface area contributed by atoms with Gasteiger partial charge >= 0.3 is 6.18 Å². The second-order valence-electron chi connectivity index (χ2n) is 21.2. The lowest BCUT2D eigenvalue weighted by Crippen LogP contribution is -2.15. The van der Waals surface area contributed by atoms with E-state index in [4.69, 9.17) is 0 Å². The number of alkyl halides is 3. The first-order chi connectivity index (χ1) is 28.8. The van der Waals surface area contributed by atoms with Crippen molar-refractivity contribution in [1.29, 1.82) is 10.5 Å². The third-order valence-electron chi connectivity index (χ3n) is 12.9. The molecular weight excluding hydrogens is 774 g/mol. The van der Waals surface area contributed by atoms with Gasteiger partial charge in [-0.1, -0.05) is 131 Å². The number of aromatic nitrogens is 2. The minimum Gasteiger partial charge on any atom is -0.307 e. The van der Waals surface area contributed by atoms with Crippen molar-refractivity contribution in [3.63, 3.8) is 0 Å². The monoisotopic (exact) mass is 828 g/mol. The van der Waals surface area contributed by atoms with E-state index in [1.165, 1.54) is 23.3 Å². The number of halogens is 3. The smallest absolute Gasteiger partial charge is 0.307 e. The highest BCUT2D eigenvalue weighted by Gasteiger charge is 2.37. The number of nitriles is 2. The number of benzene rings is 5. The number of rotatable bonds is 3. The molecule has 0 N–H and O–H groups in total. The van der Waals surface area contributed by atoms with E-state index in [1.807, 2.05) is 6.07 Å². The van der Waals surface area contributed by atoms with Gasteiger partial charge in [-0.2, -0.15) is 23.7 Å². The molecule has 8 rings (SSSR count). The summed E-state index contributed by atoms with van der Waals surface area (Å²) < 4.78 is 49.8. The van der Waals surface area contributed by atoms with Crippen LogP contribution in [0.25, 0.3) is 61.3 Å².